The summed E-state index contributed by atoms with van der Waals surface area (Å²) in [7, 11) is 0. The summed E-state index contributed by atoms with van der Waals surface area (Å²) in [6.45, 7) is 0.143. The van der Waals surface area contributed by atoms with Crippen molar-refractivity contribution in [3.63, 3.8) is 0 Å². The van der Waals surface area contributed by atoms with Gasteiger partial charge in [-0.3, -0.25) is 0 Å². The van der Waals surface area contributed by atoms with Crippen LogP contribution in [0.5, 0.6) is 0 Å². The molecule has 0 radical (unpaired) electrons. The Morgan fingerprint density at radius 1 is 1.29 bits per heavy atom. The van der Waals surface area contributed by atoms with Crippen LogP contribution in [0.3, 0.4) is 0 Å². The van der Waals surface area contributed by atoms with Gasteiger partial charge in [-0.1, -0.05) is 28.1 Å². The van der Waals surface area contributed by atoms with Crippen molar-refractivity contribution < 1.29 is 5.11 Å². The first-order valence-corrected chi connectivity index (χ1v) is 6.14. The number of nitrogens with zero attached hydrogens (tertiary/aromatic N) is 3. The highest BCUT2D eigenvalue weighted by Gasteiger charge is 2.03. The van der Waals surface area contributed by atoms with Crippen LogP contribution in [-0.4, -0.2) is 26.9 Å². The summed E-state index contributed by atoms with van der Waals surface area (Å²) in [5, 5.41) is 16.6. The van der Waals surface area contributed by atoms with E-state index in [1.807, 2.05) is 24.3 Å². The molecule has 0 amide bonds. The molecule has 5 heteroatoms. The summed E-state index contributed by atoms with van der Waals surface area (Å²) in [5.74, 6) is 0.663. The average Bonchev–Trinajstić information content (AvgIpc) is 2.37. The molecule has 1 heterocycles. The smallest absolute Gasteiger partial charge is 0.151 e. The lowest BCUT2D eigenvalue weighted by atomic mass is 10.2. The van der Waals surface area contributed by atoms with E-state index in [1.54, 1.807) is 6.20 Å². The second-order valence-electron chi connectivity index (χ2n) is 3.60. The zero-order chi connectivity index (χ0) is 12.1. The number of benzene rings is 1. The first-order chi connectivity index (χ1) is 8.29. The Bertz CT molecular complexity index is 505. The minimum atomic E-state index is 0.143. The third kappa shape index (κ3) is 3.31. The van der Waals surface area contributed by atoms with E-state index in [9.17, 15) is 0 Å². The van der Waals surface area contributed by atoms with Crippen molar-refractivity contribution in [2.24, 2.45) is 0 Å². The first kappa shape index (κ1) is 12.1. The molecule has 1 aromatic heterocycles. The number of aliphatic hydroxyl groups is 1. The van der Waals surface area contributed by atoms with Crippen LogP contribution in [0.2, 0.25) is 0 Å². The lowest BCUT2D eigenvalue weighted by Crippen LogP contribution is -2.00. The summed E-state index contributed by atoms with van der Waals surface area (Å²) in [6, 6.07) is 7.88. The van der Waals surface area contributed by atoms with E-state index in [1.165, 1.54) is 0 Å². The third-order valence-corrected chi connectivity index (χ3v) is 2.77. The molecule has 0 aliphatic heterocycles. The Morgan fingerprint density at radius 3 is 2.94 bits per heavy atom. The zero-order valence-electron chi connectivity index (χ0n) is 9.17. The van der Waals surface area contributed by atoms with Crippen molar-refractivity contribution in [2.75, 3.05) is 6.61 Å². The summed E-state index contributed by atoms with van der Waals surface area (Å²) >= 11 is 3.42. The van der Waals surface area contributed by atoms with Gasteiger partial charge in [-0.25, -0.2) is 4.98 Å². The van der Waals surface area contributed by atoms with Gasteiger partial charge < -0.3 is 5.11 Å². The summed E-state index contributed by atoms with van der Waals surface area (Å²) in [4.78, 5) is 4.42. The van der Waals surface area contributed by atoms with Crippen molar-refractivity contribution in [1.82, 2.24) is 15.2 Å². The summed E-state index contributed by atoms with van der Waals surface area (Å²) in [5.41, 5.74) is 1.80. The van der Waals surface area contributed by atoms with E-state index in [0.717, 1.165) is 15.7 Å². The highest BCUT2D eigenvalue weighted by Crippen LogP contribution is 2.20. The van der Waals surface area contributed by atoms with Gasteiger partial charge in [-0.2, -0.15) is 5.10 Å². The molecule has 0 bridgehead atoms. The van der Waals surface area contributed by atoms with Gasteiger partial charge in [0.15, 0.2) is 5.82 Å². The van der Waals surface area contributed by atoms with E-state index >= 15 is 0 Å². The van der Waals surface area contributed by atoms with Crippen molar-refractivity contribution in [3.8, 4) is 11.3 Å². The van der Waals surface area contributed by atoms with Crippen LogP contribution in [0.1, 0.15) is 12.2 Å². The predicted octanol–water partition coefficient (Wildman–Crippen LogP) is 2.23. The van der Waals surface area contributed by atoms with Crippen LogP contribution in [0, 0.1) is 0 Å². The summed E-state index contributed by atoms with van der Waals surface area (Å²) in [6.07, 6.45) is 2.94. The van der Waals surface area contributed by atoms with Crippen LogP contribution in [-0.2, 0) is 6.42 Å². The molecule has 0 saturated heterocycles. The Hall–Kier alpha value is -1.33. The van der Waals surface area contributed by atoms with Crippen LogP contribution in [0.25, 0.3) is 11.3 Å². The Labute approximate surface area is 108 Å². The number of aliphatic hydroxyl groups excluding tert-OH is 1. The second-order valence-corrected chi connectivity index (χ2v) is 4.51. The monoisotopic (exact) mass is 293 g/mol. The molecule has 0 spiro atoms. The topological polar surface area (TPSA) is 58.9 Å². The van der Waals surface area contributed by atoms with E-state index in [0.29, 0.717) is 18.7 Å². The fourth-order valence-corrected chi connectivity index (χ4v) is 1.87. The molecular formula is C12H12BrN3O. The van der Waals surface area contributed by atoms with Gasteiger partial charge in [-0.15, -0.1) is 5.10 Å². The first-order valence-electron chi connectivity index (χ1n) is 5.35. The lowest BCUT2D eigenvalue weighted by molar-refractivity contribution is 0.287. The molecule has 88 valence electrons. The van der Waals surface area contributed by atoms with Gasteiger partial charge in [0.2, 0.25) is 0 Å². The normalized spacial score (nSPS) is 10.5. The summed E-state index contributed by atoms with van der Waals surface area (Å²) < 4.78 is 1.01. The van der Waals surface area contributed by atoms with Crippen LogP contribution >= 0.6 is 15.9 Å². The van der Waals surface area contributed by atoms with Gasteiger partial charge in [-0.05, 0) is 18.6 Å². The molecular weight excluding hydrogens is 282 g/mol. The Balaban J connectivity index is 2.26. The standard InChI is InChI=1S/C12H12BrN3O/c13-10-4-1-3-9(7-10)11-8-14-16-12(15-11)5-2-6-17/h1,3-4,7-8,17H,2,5-6H2. The zero-order valence-corrected chi connectivity index (χ0v) is 10.8. The molecule has 17 heavy (non-hydrogen) atoms. The van der Waals surface area contributed by atoms with Crippen molar-refractivity contribution in [2.45, 2.75) is 12.8 Å². The van der Waals surface area contributed by atoms with Gasteiger partial charge in [0.1, 0.15) is 0 Å². The van der Waals surface area contributed by atoms with Gasteiger partial charge in [0, 0.05) is 23.1 Å². The molecule has 0 fully saturated rings. The SMILES string of the molecule is OCCCc1nncc(-c2cccc(Br)c2)n1. The lowest BCUT2D eigenvalue weighted by Gasteiger charge is -2.02. The van der Waals surface area contributed by atoms with Crippen LogP contribution in [0.15, 0.2) is 34.9 Å². The van der Waals surface area contributed by atoms with Crippen LogP contribution < -0.4 is 0 Å². The van der Waals surface area contributed by atoms with Gasteiger partial charge >= 0.3 is 0 Å². The molecule has 2 aromatic rings. The molecule has 0 aliphatic carbocycles. The maximum atomic E-state index is 8.77. The molecule has 1 aromatic carbocycles. The molecule has 0 saturated carbocycles. The minimum Gasteiger partial charge on any atom is -0.396 e. The maximum Gasteiger partial charge on any atom is 0.151 e. The van der Waals surface area contributed by atoms with Crippen molar-refractivity contribution >= 4 is 15.9 Å². The second kappa shape index (κ2) is 5.84. The Morgan fingerprint density at radius 2 is 2.18 bits per heavy atom. The number of hydrogen-bond donors (Lipinski definition) is 1. The fourth-order valence-electron chi connectivity index (χ4n) is 1.47. The van der Waals surface area contributed by atoms with E-state index in [2.05, 4.69) is 31.1 Å². The maximum absolute atomic E-state index is 8.77. The molecule has 0 unspecified atom stereocenters. The number of halogens is 1. The Kier molecular flexibility index (Phi) is 4.17. The van der Waals surface area contributed by atoms with Gasteiger partial charge in [0.05, 0.1) is 11.9 Å². The average molecular weight is 294 g/mol. The van der Waals surface area contributed by atoms with E-state index in [4.69, 9.17) is 5.11 Å². The molecule has 1 N–H and O–H groups in total. The number of hydrogen-bond acceptors (Lipinski definition) is 4. The predicted molar refractivity (Wildman–Crippen MR) is 68.4 cm³/mol. The highest BCUT2D eigenvalue weighted by molar-refractivity contribution is 9.10. The fraction of sp³-hybridized carbons (Fsp3) is 0.250. The highest BCUT2D eigenvalue weighted by atomic mass is 79.9. The molecule has 0 atom stereocenters. The van der Waals surface area contributed by atoms with Crippen LogP contribution in [0.4, 0.5) is 0 Å². The molecule has 4 nitrogen and oxygen atoms in total. The van der Waals surface area contributed by atoms with E-state index in [-0.39, 0.29) is 6.61 Å². The largest absolute Gasteiger partial charge is 0.396 e. The van der Waals surface area contributed by atoms with Crippen molar-refractivity contribution in [1.29, 1.82) is 0 Å². The molecule has 0 aliphatic rings. The minimum absolute atomic E-state index is 0.143. The van der Waals surface area contributed by atoms with E-state index < -0.39 is 0 Å². The number of rotatable bonds is 4. The number of aromatic nitrogens is 3. The third-order valence-electron chi connectivity index (χ3n) is 2.28. The van der Waals surface area contributed by atoms with Crippen molar-refractivity contribution in [3.05, 3.63) is 40.8 Å². The number of aryl methyl sites for hydroxylation is 1. The quantitative estimate of drug-likeness (QED) is 0.939. The molecule has 2 rings (SSSR count). The van der Waals surface area contributed by atoms with Gasteiger partial charge in [0.25, 0.3) is 0 Å².